The van der Waals surface area contributed by atoms with Gasteiger partial charge in [0.05, 0.1) is 16.4 Å². The maximum atomic E-state index is 12.7. The number of rotatable bonds is 4. The molecule has 0 aromatic carbocycles. The predicted octanol–water partition coefficient (Wildman–Crippen LogP) is 2.49. The molecule has 2 N–H and O–H groups in total. The van der Waals surface area contributed by atoms with Crippen LogP contribution in [0.25, 0.3) is 0 Å². The van der Waals surface area contributed by atoms with E-state index in [4.69, 9.17) is 0 Å². The first-order valence-electron chi connectivity index (χ1n) is 8.13. The van der Waals surface area contributed by atoms with Gasteiger partial charge in [-0.1, -0.05) is 0 Å². The number of nitrogens with zero attached hydrogens (tertiary/aromatic N) is 1. The van der Waals surface area contributed by atoms with Gasteiger partial charge in [-0.25, -0.2) is 8.42 Å². The van der Waals surface area contributed by atoms with Gasteiger partial charge in [0.25, 0.3) is 0 Å². The van der Waals surface area contributed by atoms with E-state index in [1.807, 2.05) is 0 Å². The number of hydrogen-bond acceptors (Lipinski definition) is 3. The molecule has 0 bridgehead atoms. The Morgan fingerprint density at radius 2 is 1.67 bits per heavy atom. The van der Waals surface area contributed by atoms with Crippen molar-refractivity contribution in [3.05, 3.63) is 0 Å². The predicted molar refractivity (Wildman–Crippen MR) is 89.8 cm³/mol. The molecule has 0 heterocycles. The summed E-state index contributed by atoms with van der Waals surface area (Å²) in [7, 11) is -1.68. The van der Waals surface area contributed by atoms with Gasteiger partial charge < -0.3 is 10.6 Å². The minimum Gasteiger partial charge on any atom is -0.355 e. The molecular weight excluding hydrogens is 343 g/mol. The summed E-state index contributed by atoms with van der Waals surface area (Å²) in [4.78, 5) is 4.01. The van der Waals surface area contributed by atoms with E-state index < -0.39 is 26.7 Å². The van der Waals surface area contributed by atoms with Gasteiger partial charge in [0.15, 0.2) is 15.8 Å². The Balaban J connectivity index is 2.42. The molecule has 0 spiro atoms. The average Bonchev–Trinajstić information content (AvgIpc) is 2.44. The summed E-state index contributed by atoms with van der Waals surface area (Å²) in [5.74, 6) is -0.824. The SMILES string of the molecule is CN=C(NCCS(=O)(=O)C(C)(C)C)NC1CCC(C(F)(F)F)CC1. The third-order valence-corrected chi connectivity index (χ3v) is 6.96. The minimum atomic E-state index is -4.12. The van der Waals surface area contributed by atoms with Gasteiger partial charge >= 0.3 is 6.18 Å². The number of sulfone groups is 1. The Labute approximate surface area is 142 Å². The van der Waals surface area contributed by atoms with Crippen LogP contribution in [0.2, 0.25) is 0 Å². The van der Waals surface area contributed by atoms with Crippen LogP contribution in [0.5, 0.6) is 0 Å². The smallest absolute Gasteiger partial charge is 0.355 e. The first-order chi connectivity index (χ1) is 10.9. The Kier molecular flexibility index (Phi) is 6.95. The molecule has 0 aliphatic heterocycles. The lowest BCUT2D eigenvalue weighted by Crippen LogP contribution is -2.47. The van der Waals surface area contributed by atoms with Crippen molar-refractivity contribution in [3.8, 4) is 0 Å². The molecule has 0 radical (unpaired) electrons. The van der Waals surface area contributed by atoms with E-state index in [0.717, 1.165) is 0 Å². The number of halogens is 3. The Bertz CT molecular complexity index is 531. The van der Waals surface area contributed by atoms with Crippen molar-refractivity contribution in [1.82, 2.24) is 10.6 Å². The maximum absolute atomic E-state index is 12.7. The molecule has 0 unspecified atom stereocenters. The first-order valence-corrected chi connectivity index (χ1v) is 9.78. The van der Waals surface area contributed by atoms with Gasteiger partial charge in [-0.05, 0) is 46.5 Å². The summed E-state index contributed by atoms with van der Waals surface area (Å²) in [6, 6.07) is -0.0750. The summed E-state index contributed by atoms with van der Waals surface area (Å²) >= 11 is 0. The van der Waals surface area contributed by atoms with Crippen LogP contribution in [-0.2, 0) is 9.84 Å². The molecule has 0 aromatic rings. The van der Waals surface area contributed by atoms with E-state index in [0.29, 0.717) is 18.8 Å². The van der Waals surface area contributed by atoms with Gasteiger partial charge in [0, 0.05) is 19.6 Å². The lowest BCUT2D eigenvalue weighted by atomic mass is 9.85. The molecule has 1 aliphatic rings. The number of aliphatic imine (C=N–C) groups is 1. The zero-order valence-corrected chi connectivity index (χ0v) is 15.5. The van der Waals surface area contributed by atoms with Crippen molar-refractivity contribution < 1.29 is 21.6 Å². The Morgan fingerprint density at radius 3 is 2.08 bits per heavy atom. The molecule has 0 aromatic heterocycles. The van der Waals surface area contributed by atoms with E-state index in [9.17, 15) is 21.6 Å². The quantitative estimate of drug-likeness (QED) is 0.588. The number of hydrogen-bond donors (Lipinski definition) is 2. The van der Waals surface area contributed by atoms with Crippen molar-refractivity contribution in [1.29, 1.82) is 0 Å². The zero-order chi connectivity index (χ0) is 18.6. The third kappa shape index (κ3) is 6.14. The number of guanidine groups is 1. The van der Waals surface area contributed by atoms with Crippen molar-refractivity contribution in [2.45, 2.75) is 63.4 Å². The average molecular weight is 371 g/mol. The molecule has 1 aliphatic carbocycles. The second-order valence-corrected chi connectivity index (χ2v) is 10.0. The van der Waals surface area contributed by atoms with E-state index in [-0.39, 0.29) is 31.2 Å². The standard InChI is InChI=1S/C15H28F3N3O2S/c1-14(2,3)24(22,23)10-9-20-13(19-4)21-12-7-5-11(6-8-12)15(16,17)18/h11-12H,5-10H2,1-4H3,(H2,19,20,21). The maximum Gasteiger partial charge on any atom is 0.391 e. The Morgan fingerprint density at radius 1 is 1.12 bits per heavy atom. The highest BCUT2D eigenvalue weighted by Gasteiger charge is 2.41. The molecular formula is C15H28F3N3O2S. The number of nitrogens with one attached hydrogen (secondary N) is 2. The van der Waals surface area contributed by atoms with Crippen molar-refractivity contribution in [2.75, 3.05) is 19.3 Å². The van der Waals surface area contributed by atoms with Crippen LogP contribution in [0, 0.1) is 5.92 Å². The molecule has 24 heavy (non-hydrogen) atoms. The molecule has 1 rings (SSSR count). The molecule has 0 atom stereocenters. The second kappa shape index (κ2) is 7.93. The molecule has 1 saturated carbocycles. The monoisotopic (exact) mass is 371 g/mol. The van der Waals surface area contributed by atoms with Crippen LogP contribution >= 0.6 is 0 Å². The van der Waals surface area contributed by atoms with Gasteiger partial charge in [0.2, 0.25) is 0 Å². The summed E-state index contributed by atoms with van der Waals surface area (Å²) in [5.41, 5.74) is 0. The highest BCUT2D eigenvalue weighted by Crippen LogP contribution is 2.37. The van der Waals surface area contributed by atoms with Gasteiger partial charge in [-0.15, -0.1) is 0 Å². The van der Waals surface area contributed by atoms with Gasteiger partial charge in [-0.3, -0.25) is 4.99 Å². The van der Waals surface area contributed by atoms with Gasteiger partial charge in [-0.2, -0.15) is 13.2 Å². The van der Waals surface area contributed by atoms with Crippen LogP contribution in [0.15, 0.2) is 4.99 Å². The molecule has 5 nitrogen and oxygen atoms in total. The van der Waals surface area contributed by atoms with Crippen LogP contribution in [0.1, 0.15) is 46.5 Å². The highest BCUT2D eigenvalue weighted by atomic mass is 32.2. The van der Waals surface area contributed by atoms with E-state index in [1.54, 1.807) is 27.8 Å². The largest absolute Gasteiger partial charge is 0.391 e. The lowest BCUT2D eigenvalue weighted by molar-refractivity contribution is -0.182. The van der Waals surface area contributed by atoms with Gasteiger partial charge in [0.1, 0.15) is 0 Å². The summed E-state index contributed by atoms with van der Waals surface area (Å²) in [6.45, 7) is 5.15. The van der Waals surface area contributed by atoms with E-state index in [2.05, 4.69) is 15.6 Å². The fourth-order valence-corrected chi connectivity index (χ4v) is 3.55. The van der Waals surface area contributed by atoms with E-state index >= 15 is 0 Å². The lowest BCUT2D eigenvalue weighted by Gasteiger charge is -2.31. The Hall–Kier alpha value is -0.990. The normalized spacial score (nSPS) is 23.9. The summed E-state index contributed by atoms with van der Waals surface area (Å²) in [6.07, 6.45) is -3.06. The van der Waals surface area contributed by atoms with Crippen LogP contribution in [0.3, 0.4) is 0 Å². The molecule has 9 heteroatoms. The van der Waals surface area contributed by atoms with Crippen LogP contribution in [-0.4, -0.2) is 50.7 Å². The zero-order valence-electron chi connectivity index (χ0n) is 14.7. The van der Waals surface area contributed by atoms with Crippen LogP contribution < -0.4 is 10.6 Å². The fourth-order valence-electron chi connectivity index (χ4n) is 2.56. The topological polar surface area (TPSA) is 70.6 Å². The fraction of sp³-hybridized carbons (Fsp3) is 0.933. The molecule has 142 valence electrons. The highest BCUT2D eigenvalue weighted by molar-refractivity contribution is 7.92. The summed E-state index contributed by atoms with van der Waals surface area (Å²) in [5, 5.41) is 6.00. The van der Waals surface area contributed by atoms with Crippen LogP contribution in [0.4, 0.5) is 13.2 Å². The van der Waals surface area contributed by atoms with E-state index in [1.165, 1.54) is 0 Å². The minimum absolute atomic E-state index is 0.0297. The van der Waals surface area contributed by atoms with Crippen molar-refractivity contribution in [3.63, 3.8) is 0 Å². The van der Waals surface area contributed by atoms with Crippen molar-refractivity contribution in [2.24, 2.45) is 10.9 Å². The molecule has 0 amide bonds. The second-order valence-electron chi connectivity index (χ2n) is 7.16. The summed E-state index contributed by atoms with van der Waals surface area (Å²) < 4.78 is 61.2. The molecule has 1 fully saturated rings. The molecule has 0 saturated heterocycles. The number of alkyl halides is 3. The first kappa shape index (κ1) is 21.1. The van der Waals surface area contributed by atoms with Crippen molar-refractivity contribution >= 4 is 15.8 Å². The third-order valence-electron chi connectivity index (χ3n) is 4.35.